The average Bonchev–Trinajstić information content (AvgIpc) is 2.03. The second kappa shape index (κ2) is 3.44. The highest BCUT2D eigenvalue weighted by Gasteiger charge is 2.33. The third-order valence-corrected chi connectivity index (χ3v) is 1.85. The minimum Gasteiger partial charge on any atom is -0.480 e. The molecule has 1 aliphatic heterocycles. The number of carboxylic acid groups (broad SMARTS) is 1. The topological polar surface area (TPSA) is 83.5 Å². The second-order valence-corrected chi connectivity index (χ2v) is 2.74. The van der Waals surface area contributed by atoms with Crippen LogP contribution in [0.5, 0.6) is 0 Å². The number of carbonyl (C=O) groups is 3. The largest absolute Gasteiger partial charge is 0.480 e. The first-order chi connectivity index (χ1) is 5.65. The molecular formula is C7H9NO4. The molecule has 1 heterocycles. The molecule has 66 valence electrons. The Labute approximate surface area is 68.8 Å². The normalized spacial score (nSPS) is 29.8. The van der Waals surface area contributed by atoms with Crippen molar-refractivity contribution in [1.29, 1.82) is 0 Å². The first-order valence-corrected chi connectivity index (χ1v) is 3.58. The molecule has 0 unspecified atom stereocenters. The molecule has 2 atom stereocenters. The Bertz CT molecular complexity index is 225. The lowest BCUT2D eigenvalue weighted by Gasteiger charge is -2.24. The van der Waals surface area contributed by atoms with Crippen molar-refractivity contribution in [1.82, 2.24) is 5.32 Å². The number of hydrogen-bond acceptors (Lipinski definition) is 4. The number of hydrogen-bond donors (Lipinski definition) is 2. The molecule has 0 saturated carbocycles. The average molecular weight is 171 g/mol. The number of nitrogens with one attached hydrogen (secondary N) is 1. The fourth-order valence-electron chi connectivity index (χ4n) is 1.23. The molecule has 2 N–H and O–H groups in total. The van der Waals surface area contributed by atoms with Gasteiger partial charge >= 0.3 is 5.97 Å². The molecule has 5 heteroatoms. The highest BCUT2D eigenvalue weighted by Crippen LogP contribution is 2.11. The predicted octanol–water partition coefficient (Wildman–Crippen LogP) is -1.18. The quantitative estimate of drug-likeness (QED) is 0.511. The zero-order chi connectivity index (χ0) is 9.14. The molecule has 0 aliphatic carbocycles. The number of piperidine rings is 1. The van der Waals surface area contributed by atoms with Crippen LogP contribution in [0.3, 0.4) is 0 Å². The van der Waals surface area contributed by atoms with E-state index in [0.717, 1.165) is 0 Å². The number of carboxylic acids is 1. The molecule has 0 aromatic rings. The number of Topliss-reactive ketones (excluding diaryl/α,β-unsaturated/α-hetero) is 1. The molecule has 1 aliphatic rings. The van der Waals surface area contributed by atoms with Gasteiger partial charge in [-0.25, -0.2) is 0 Å². The standard InChI is InChI=1S/C7H9NO4/c9-3-4-1-5(10)2-8-6(4)7(11)12/h3-4,6,8H,1-2H2,(H,11,12)/t4-,6+/m1/s1. The third-order valence-electron chi connectivity index (χ3n) is 1.85. The minimum atomic E-state index is -1.08. The van der Waals surface area contributed by atoms with Gasteiger partial charge < -0.3 is 9.90 Å². The van der Waals surface area contributed by atoms with Crippen molar-refractivity contribution in [2.45, 2.75) is 12.5 Å². The van der Waals surface area contributed by atoms with Crippen LogP contribution in [-0.4, -0.2) is 35.7 Å². The summed E-state index contributed by atoms with van der Waals surface area (Å²) < 4.78 is 0. The van der Waals surface area contributed by atoms with E-state index in [2.05, 4.69) is 5.32 Å². The molecule has 0 spiro atoms. The molecule has 0 aromatic carbocycles. The van der Waals surface area contributed by atoms with E-state index in [-0.39, 0.29) is 18.7 Å². The Balaban J connectivity index is 2.68. The number of aliphatic carboxylic acids is 1. The Morgan fingerprint density at radius 3 is 2.83 bits per heavy atom. The molecule has 1 rings (SSSR count). The maximum atomic E-state index is 10.8. The van der Waals surface area contributed by atoms with Crippen molar-refractivity contribution < 1.29 is 19.5 Å². The molecule has 0 amide bonds. The molecule has 5 nitrogen and oxygen atoms in total. The summed E-state index contributed by atoms with van der Waals surface area (Å²) in [5.41, 5.74) is 0. The van der Waals surface area contributed by atoms with Crippen molar-refractivity contribution >= 4 is 18.0 Å². The maximum Gasteiger partial charge on any atom is 0.321 e. The lowest BCUT2D eigenvalue weighted by Crippen LogP contribution is -2.50. The van der Waals surface area contributed by atoms with E-state index in [1.165, 1.54) is 0 Å². The van der Waals surface area contributed by atoms with Gasteiger partial charge in [-0.1, -0.05) is 0 Å². The smallest absolute Gasteiger partial charge is 0.321 e. The van der Waals surface area contributed by atoms with Crippen LogP contribution in [0.4, 0.5) is 0 Å². The van der Waals surface area contributed by atoms with Gasteiger partial charge in [-0.05, 0) is 0 Å². The van der Waals surface area contributed by atoms with Gasteiger partial charge in [0.25, 0.3) is 0 Å². The molecule has 0 bridgehead atoms. The van der Waals surface area contributed by atoms with Gasteiger partial charge in [0.15, 0.2) is 0 Å². The summed E-state index contributed by atoms with van der Waals surface area (Å²) in [5.74, 6) is -1.92. The zero-order valence-electron chi connectivity index (χ0n) is 6.32. The fraction of sp³-hybridized carbons (Fsp3) is 0.571. The number of rotatable bonds is 2. The van der Waals surface area contributed by atoms with Gasteiger partial charge in [0, 0.05) is 12.3 Å². The van der Waals surface area contributed by atoms with E-state index in [0.29, 0.717) is 6.29 Å². The van der Waals surface area contributed by atoms with E-state index < -0.39 is 17.9 Å². The summed E-state index contributed by atoms with van der Waals surface area (Å²) in [6.45, 7) is 0.0430. The molecule has 1 fully saturated rings. The summed E-state index contributed by atoms with van der Waals surface area (Å²) >= 11 is 0. The highest BCUT2D eigenvalue weighted by molar-refractivity contribution is 5.89. The van der Waals surface area contributed by atoms with Gasteiger partial charge in [0.1, 0.15) is 18.1 Å². The van der Waals surface area contributed by atoms with Crippen molar-refractivity contribution in [3.63, 3.8) is 0 Å². The Kier molecular flexibility index (Phi) is 2.54. The third kappa shape index (κ3) is 1.68. The summed E-state index contributed by atoms with van der Waals surface area (Å²) in [4.78, 5) is 31.6. The number of ketones is 1. The van der Waals surface area contributed by atoms with Crippen molar-refractivity contribution in [3.8, 4) is 0 Å². The first kappa shape index (κ1) is 8.86. The van der Waals surface area contributed by atoms with E-state index in [1.807, 2.05) is 0 Å². The molecule has 1 saturated heterocycles. The van der Waals surface area contributed by atoms with Crippen LogP contribution in [0.25, 0.3) is 0 Å². The van der Waals surface area contributed by atoms with Crippen LogP contribution in [0, 0.1) is 5.92 Å². The number of aldehydes is 1. The highest BCUT2D eigenvalue weighted by atomic mass is 16.4. The van der Waals surface area contributed by atoms with Gasteiger partial charge in [-0.2, -0.15) is 0 Å². The summed E-state index contributed by atoms with van der Waals surface area (Å²) in [6, 6.07) is -0.903. The van der Waals surface area contributed by atoms with E-state index >= 15 is 0 Å². The van der Waals surface area contributed by atoms with Crippen molar-refractivity contribution in [2.24, 2.45) is 5.92 Å². The monoisotopic (exact) mass is 171 g/mol. The van der Waals surface area contributed by atoms with E-state index in [1.54, 1.807) is 0 Å². The van der Waals surface area contributed by atoms with Gasteiger partial charge in [0.05, 0.1) is 6.54 Å². The Morgan fingerprint density at radius 2 is 2.33 bits per heavy atom. The predicted molar refractivity (Wildman–Crippen MR) is 38.6 cm³/mol. The Hall–Kier alpha value is -1.23. The second-order valence-electron chi connectivity index (χ2n) is 2.74. The summed E-state index contributed by atoms with van der Waals surface area (Å²) in [5, 5.41) is 11.1. The molecular weight excluding hydrogens is 162 g/mol. The van der Waals surface area contributed by atoms with Crippen LogP contribution in [-0.2, 0) is 14.4 Å². The lowest BCUT2D eigenvalue weighted by atomic mass is 9.92. The van der Waals surface area contributed by atoms with Crippen molar-refractivity contribution in [3.05, 3.63) is 0 Å². The first-order valence-electron chi connectivity index (χ1n) is 3.58. The van der Waals surface area contributed by atoms with E-state index in [9.17, 15) is 14.4 Å². The van der Waals surface area contributed by atoms with Crippen LogP contribution in [0.2, 0.25) is 0 Å². The molecule has 0 radical (unpaired) electrons. The summed E-state index contributed by atoms with van der Waals surface area (Å²) in [7, 11) is 0. The lowest BCUT2D eigenvalue weighted by molar-refractivity contribution is -0.144. The van der Waals surface area contributed by atoms with Crippen LogP contribution in [0.1, 0.15) is 6.42 Å². The molecule has 0 aromatic heterocycles. The van der Waals surface area contributed by atoms with E-state index in [4.69, 9.17) is 5.11 Å². The zero-order valence-corrected chi connectivity index (χ0v) is 6.32. The number of carbonyl (C=O) groups excluding carboxylic acids is 2. The molecule has 12 heavy (non-hydrogen) atoms. The minimum absolute atomic E-state index is 0.0352. The SMILES string of the molecule is O=C[C@H]1CC(=O)CN[C@@H]1C(=O)O. The van der Waals surface area contributed by atoms with Crippen LogP contribution < -0.4 is 5.32 Å². The Morgan fingerprint density at radius 1 is 1.67 bits per heavy atom. The summed E-state index contributed by atoms with van der Waals surface area (Å²) in [6.07, 6.45) is 0.552. The van der Waals surface area contributed by atoms with Crippen LogP contribution >= 0.6 is 0 Å². The fourth-order valence-corrected chi connectivity index (χ4v) is 1.23. The van der Waals surface area contributed by atoms with Crippen LogP contribution in [0.15, 0.2) is 0 Å². The van der Waals surface area contributed by atoms with Gasteiger partial charge in [-0.15, -0.1) is 0 Å². The maximum absolute atomic E-state index is 10.8. The van der Waals surface area contributed by atoms with Gasteiger partial charge in [-0.3, -0.25) is 14.9 Å². The van der Waals surface area contributed by atoms with Gasteiger partial charge in [0.2, 0.25) is 0 Å². The van der Waals surface area contributed by atoms with Crippen molar-refractivity contribution in [2.75, 3.05) is 6.54 Å².